The van der Waals surface area contributed by atoms with Crippen LogP contribution in [0.15, 0.2) is 42.5 Å². The maximum Gasteiger partial charge on any atom is 0.409 e. The van der Waals surface area contributed by atoms with Crippen LogP contribution in [0.5, 0.6) is 0 Å². The van der Waals surface area contributed by atoms with E-state index < -0.39 is 11.9 Å². The predicted octanol–water partition coefficient (Wildman–Crippen LogP) is 3.40. The van der Waals surface area contributed by atoms with Crippen molar-refractivity contribution in [3.63, 3.8) is 0 Å². The molecular formula is C14H10FNO3. The third kappa shape index (κ3) is 2.77. The Labute approximate surface area is 108 Å². The second-order valence-corrected chi connectivity index (χ2v) is 3.83. The monoisotopic (exact) mass is 259 g/mol. The van der Waals surface area contributed by atoms with Gasteiger partial charge in [0.05, 0.1) is 11.3 Å². The van der Waals surface area contributed by atoms with E-state index in [9.17, 15) is 14.0 Å². The van der Waals surface area contributed by atoms with Gasteiger partial charge in [0.2, 0.25) is 0 Å². The molecule has 0 unspecified atom stereocenters. The second-order valence-electron chi connectivity index (χ2n) is 3.83. The molecule has 2 aromatic rings. The normalized spacial score (nSPS) is 9.95. The lowest BCUT2D eigenvalue weighted by atomic mass is 10.0. The van der Waals surface area contributed by atoms with Crippen molar-refractivity contribution < 1.29 is 19.1 Å². The van der Waals surface area contributed by atoms with E-state index in [4.69, 9.17) is 5.11 Å². The van der Waals surface area contributed by atoms with Crippen LogP contribution in [0.4, 0.5) is 14.9 Å². The summed E-state index contributed by atoms with van der Waals surface area (Å²) in [6.07, 6.45) is -0.766. The fourth-order valence-corrected chi connectivity index (χ4v) is 1.75. The Morgan fingerprint density at radius 3 is 2.58 bits per heavy atom. The molecule has 1 amide bonds. The molecule has 2 aromatic carbocycles. The number of hydrogen-bond acceptors (Lipinski definition) is 2. The van der Waals surface area contributed by atoms with Crippen LogP contribution >= 0.6 is 0 Å². The van der Waals surface area contributed by atoms with Crippen LogP contribution in [0.3, 0.4) is 0 Å². The first-order valence-electron chi connectivity index (χ1n) is 5.46. The van der Waals surface area contributed by atoms with E-state index in [2.05, 4.69) is 5.32 Å². The summed E-state index contributed by atoms with van der Waals surface area (Å²) in [5.41, 5.74) is 1.36. The van der Waals surface area contributed by atoms with Crippen molar-refractivity contribution in [1.29, 1.82) is 0 Å². The van der Waals surface area contributed by atoms with Gasteiger partial charge in [-0.05, 0) is 23.8 Å². The molecule has 0 fully saturated rings. The molecule has 2 N–H and O–H groups in total. The standard InChI is InChI=1S/C14H10FNO3/c15-12-7-9(5-6-10(12)8-17)11-3-1-2-4-13(11)16-14(18)19/h1-8,16H,(H,18,19). The summed E-state index contributed by atoms with van der Waals surface area (Å²) in [6.45, 7) is 0. The number of carboxylic acid groups (broad SMARTS) is 1. The van der Waals surface area contributed by atoms with E-state index in [1.165, 1.54) is 12.1 Å². The Bertz CT molecular complexity index is 640. The number of aldehydes is 1. The van der Waals surface area contributed by atoms with E-state index in [0.717, 1.165) is 0 Å². The maximum absolute atomic E-state index is 13.6. The highest BCUT2D eigenvalue weighted by Gasteiger charge is 2.09. The van der Waals surface area contributed by atoms with Crippen LogP contribution in [0.1, 0.15) is 10.4 Å². The number of benzene rings is 2. The second kappa shape index (κ2) is 5.30. The SMILES string of the molecule is O=Cc1ccc(-c2ccccc2NC(=O)O)cc1F. The van der Waals surface area contributed by atoms with Crippen LogP contribution in [0.2, 0.25) is 0 Å². The van der Waals surface area contributed by atoms with Gasteiger partial charge in [0.15, 0.2) is 6.29 Å². The average Bonchev–Trinajstić information content (AvgIpc) is 2.38. The summed E-state index contributed by atoms with van der Waals surface area (Å²) in [5.74, 6) is -0.641. The molecule has 0 saturated carbocycles. The molecule has 19 heavy (non-hydrogen) atoms. The average molecular weight is 259 g/mol. The molecule has 0 aromatic heterocycles. The Morgan fingerprint density at radius 2 is 1.95 bits per heavy atom. The molecule has 0 spiro atoms. The molecule has 2 rings (SSSR count). The van der Waals surface area contributed by atoms with Gasteiger partial charge in [-0.15, -0.1) is 0 Å². The van der Waals surface area contributed by atoms with Gasteiger partial charge in [-0.25, -0.2) is 9.18 Å². The zero-order valence-corrected chi connectivity index (χ0v) is 9.76. The third-order valence-corrected chi connectivity index (χ3v) is 2.61. The molecule has 96 valence electrons. The van der Waals surface area contributed by atoms with Gasteiger partial charge >= 0.3 is 6.09 Å². The van der Waals surface area contributed by atoms with E-state index in [0.29, 0.717) is 23.1 Å². The van der Waals surface area contributed by atoms with E-state index in [1.54, 1.807) is 30.3 Å². The van der Waals surface area contributed by atoms with E-state index in [-0.39, 0.29) is 5.56 Å². The highest BCUT2D eigenvalue weighted by Crippen LogP contribution is 2.28. The third-order valence-electron chi connectivity index (χ3n) is 2.61. The Balaban J connectivity index is 2.49. The maximum atomic E-state index is 13.6. The lowest BCUT2D eigenvalue weighted by molar-refractivity contribution is 0.112. The fourth-order valence-electron chi connectivity index (χ4n) is 1.75. The van der Waals surface area contributed by atoms with Gasteiger partial charge in [0, 0.05) is 5.56 Å². The summed E-state index contributed by atoms with van der Waals surface area (Å²) < 4.78 is 13.6. The van der Waals surface area contributed by atoms with Crippen molar-refractivity contribution in [2.24, 2.45) is 0 Å². The highest BCUT2D eigenvalue weighted by atomic mass is 19.1. The molecule has 0 bridgehead atoms. The highest BCUT2D eigenvalue weighted by molar-refractivity contribution is 5.90. The van der Waals surface area contributed by atoms with Crippen molar-refractivity contribution >= 4 is 18.1 Å². The Kier molecular flexibility index (Phi) is 3.56. The van der Waals surface area contributed by atoms with Crippen LogP contribution in [-0.4, -0.2) is 17.5 Å². The molecule has 0 aliphatic heterocycles. The number of halogens is 1. The number of nitrogens with one attached hydrogen (secondary N) is 1. The largest absolute Gasteiger partial charge is 0.465 e. The molecule has 0 heterocycles. The fraction of sp³-hybridized carbons (Fsp3) is 0. The minimum Gasteiger partial charge on any atom is -0.465 e. The Morgan fingerprint density at radius 1 is 1.21 bits per heavy atom. The molecule has 0 radical (unpaired) electrons. The first kappa shape index (κ1) is 12.8. The van der Waals surface area contributed by atoms with E-state index >= 15 is 0 Å². The number of rotatable bonds is 3. The first-order valence-corrected chi connectivity index (χ1v) is 5.46. The predicted molar refractivity (Wildman–Crippen MR) is 68.9 cm³/mol. The van der Waals surface area contributed by atoms with Crippen molar-refractivity contribution in [1.82, 2.24) is 0 Å². The molecule has 0 aliphatic rings. The molecule has 0 aliphatic carbocycles. The minimum absolute atomic E-state index is 0.0348. The molecule has 0 saturated heterocycles. The smallest absolute Gasteiger partial charge is 0.409 e. The molecule has 5 heteroatoms. The van der Waals surface area contributed by atoms with Crippen molar-refractivity contribution in [2.75, 3.05) is 5.32 Å². The molecule has 4 nitrogen and oxygen atoms in total. The van der Waals surface area contributed by atoms with Crippen LogP contribution in [0.25, 0.3) is 11.1 Å². The number of para-hydroxylation sites is 1. The van der Waals surface area contributed by atoms with Gasteiger partial charge < -0.3 is 5.11 Å². The van der Waals surface area contributed by atoms with Crippen molar-refractivity contribution in [2.45, 2.75) is 0 Å². The summed E-state index contributed by atoms with van der Waals surface area (Å²) in [4.78, 5) is 21.2. The quantitative estimate of drug-likeness (QED) is 0.830. The number of amides is 1. The summed E-state index contributed by atoms with van der Waals surface area (Å²) >= 11 is 0. The Hall–Kier alpha value is -2.69. The number of hydrogen-bond donors (Lipinski definition) is 2. The summed E-state index contributed by atoms with van der Waals surface area (Å²) in [6, 6.07) is 10.8. The van der Waals surface area contributed by atoms with Gasteiger partial charge in [-0.3, -0.25) is 10.1 Å². The zero-order valence-electron chi connectivity index (χ0n) is 9.76. The van der Waals surface area contributed by atoms with Crippen LogP contribution < -0.4 is 5.32 Å². The number of carbonyl (C=O) groups is 2. The van der Waals surface area contributed by atoms with Gasteiger partial charge in [0.1, 0.15) is 5.82 Å². The zero-order chi connectivity index (χ0) is 13.8. The number of carbonyl (C=O) groups excluding carboxylic acids is 1. The molecule has 0 atom stereocenters. The summed E-state index contributed by atoms with van der Waals surface area (Å²) in [5, 5.41) is 11.0. The van der Waals surface area contributed by atoms with Crippen LogP contribution in [-0.2, 0) is 0 Å². The van der Waals surface area contributed by atoms with Gasteiger partial charge in [-0.2, -0.15) is 0 Å². The van der Waals surface area contributed by atoms with Crippen molar-refractivity contribution in [3.8, 4) is 11.1 Å². The summed E-state index contributed by atoms with van der Waals surface area (Å²) in [7, 11) is 0. The van der Waals surface area contributed by atoms with E-state index in [1.807, 2.05) is 0 Å². The lowest BCUT2D eigenvalue weighted by Crippen LogP contribution is -2.08. The van der Waals surface area contributed by atoms with Crippen LogP contribution in [0, 0.1) is 5.82 Å². The van der Waals surface area contributed by atoms with Crippen molar-refractivity contribution in [3.05, 3.63) is 53.8 Å². The topological polar surface area (TPSA) is 66.4 Å². The van der Waals surface area contributed by atoms with Gasteiger partial charge in [0.25, 0.3) is 0 Å². The molecular weight excluding hydrogens is 249 g/mol. The lowest BCUT2D eigenvalue weighted by Gasteiger charge is -2.09. The number of anilines is 1. The minimum atomic E-state index is -1.20. The first-order chi connectivity index (χ1) is 9.11. The van der Waals surface area contributed by atoms with Gasteiger partial charge in [-0.1, -0.05) is 24.3 Å².